The lowest BCUT2D eigenvalue weighted by atomic mass is 9.97. The van der Waals surface area contributed by atoms with Gasteiger partial charge in [0.1, 0.15) is 11.8 Å². The molecule has 128 valence electrons. The molecule has 0 radical (unpaired) electrons. The van der Waals surface area contributed by atoms with Crippen molar-refractivity contribution in [2.75, 3.05) is 19.3 Å². The quantitative estimate of drug-likeness (QED) is 0.829. The van der Waals surface area contributed by atoms with Crippen molar-refractivity contribution in [2.45, 2.75) is 43.8 Å². The van der Waals surface area contributed by atoms with Gasteiger partial charge < -0.3 is 9.73 Å². The van der Waals surface area contributed by atoms with Crippen LogP contribution in [0.5, 0.6) is 0 Å². The van der Waals surface area contributed by atoms with E-state index in [0.29, 0.717) is 19.6 Å². The van der Waals surface area contributed by atoms with Crippen molar-refractivity contribution in [1.82, 2.24) is 14.9 Å². The first-order chi connectivity index (χ1) is 10.9. The summed E-state index contributed by atoms with van der Waals surface area (Å²) in [5.41, 5.74) is -0.252. The Morgan fingerprint density at radius 1 is 1.43 bits per heavy atom. The maximum atomic E-state index is 12.5. The lowest BCUT2D eigenvalue weighted by Gasteiger charge is -2.32. The first kappa shape index (κ1) is 16.5. The van der Waals surface area contributed by atoms with Crippen LogP contribution in [0.4, 0.5) is 0 Å². The average molecular weight is 341 g/mol. The Hall–Kier alpha value is -1.38. The van der Waals surface area contributed by atoms with Crippen LogP contribution in [0.1, 0.15) is 31.4 Å². The van der Waals surface area contributed by atoms with Crippen molar-refractivity contribution in [3.63, 3.8) is 0 Å². The monoisotopic (exact) mass is 341 g/mol. The van der Waals surface area contributed by atoms with E-state index in [0.717, 1.165) is 37.7 Å². The number of furan rings is 1. The predicted molar refractivity (Wildman–Crippen MR) is 85.1 cm³/mol. The minimum Gasteiger partial charge on any atom is -0.468 e. The molecule has 8 heteroatoms. The fourth-order valence-electron chi connectivity index (χ4n) is 3.65. The summed E-state index contributed by atoms with van der Waals surface area (Å²) in [7, 11) is -3.45. The van der Waals surface area contributed by atoms with Gasteiger partial charge in [0.15, 0.2) is 0 Å². The second kappa shape index (κ2) is 6.26. The zero-order valence-corrected chi connectivity index (χ0v) is 14.1. The molecule has 2 fully saturated rings. The molecule has 1 aromatic rings. The van der Waals surface area contributed by atoms with Gasteiger partial charge in [0.05, 0.1) is 24.6 Å². The summed E-state index contributed by atoms with van der Waals surface area (Å²) in [6, 6.07) is 2.94. The van der Waals surface area contributed by atoms with Crippen molar-refractivity contribution >= 4 is 15.9 Å². The normalized spacial score (nSPS) is 25.4. The van der Waals surface area contributed by atoms with Crippen LogP contribution in [0.15, 0.2) is 22.8 Å². The first-order valence-electron chi connectivity index (χ1n) is 7.89. The minimum atomic E-state index is -3.45. The first-order valence-corrected chi connectivity index (χ1v) is 9.78. The Morgan fingerprint density at radius 2 is 2.17 bits per heavy atom. The predicted octanol–water partition coefficient (Wildman–Crippen LogP) is 0.442. The van der Waals surface area contributed by atoms with E-state index >= 15 is 0 Å². The lowest BCUT2D eigenvalue weighted by molar-refractivity contribution is -0.123. The molecule has 1 aliphatic heterocycles. The third kappa shape index (κ3) is 4.13. The molecule has 2 N–H and O–H groups in total. The number of sulfonamides is 1. The van der Waals surface area contributed by atoms with Crippen LogP contribution in [0.25, 0.3) is 0 Å². The van der Waals surface area contributed by atoms with E-state index in [4.69, 9.17) is 4.42 Å². The van der Waals surface area contributed by atoms with E-state index in [9.17, 15) is 13.2 Å². The molecule has 2 aliphatic rings. The van der Waals surface area contributed by atoms with Gasteiger partial charge in [0.25, 0.3) is 0 Å². The molecule has 1 atom stereocenters. The maximum absolute atomic E-state index is 12.5. The molecule has 0 aromatic carbocycles. The van der Waals surface area contributed by atoms with Crippen molar-refractivity contribution in [1.29, 1.82) is 0 Å². The Bertz CT molecular complexity index is 650. The fourth-order valence-corrected chi connectivity index (χ4v) is 4.35. The third-order valence-corrected chi connectivity index (χ3v) is 5.26. The molecular weight excluding hydrogens is 318 g/mol. The number of carbonyl (C=O) groups is 1. The van der Waals surface area contributed by atoms with E-state index in [-0.39, 0.29) is 11.4 Å². The average Bonchev–Trinajstić information content (AvgIpc) is 3.06. The molecule has 1 amide bonds. The van der Waals surface area contributed by atoms with Crippen LogP contribution < -0.4 is 10.0 Å². The van der Waals surface area contributed by atoms with Crippen LogP contribution in [-0.2, 0) is 21.4 Å². The zero-order chi connectivity index (χ0) is 16.5. The molecule has 1 spiro atoms. The molecule has 1 saturated carbocycles. The van der Waals surface area contributed by atoms with E-state index in [1.165, 1.54) is 0 Å². The van der Waals surface area contributed by atoms with Crippen LogP contribution in [0, 0.1) is 0 Å². The molecule has 1 aliphatic carbocycles. The van der Waals surface area contributed by atoms with Gasteiger partial charge in [-0.2, -0.15) is 0 Å². The van der Waals surface area contributed by atoms with E-state index in [1.54, 1.807) is 6.26 Å². The highest BCUT2D eigenvalue weighted by molar-refractivity contribution is 7.88. The number of rotatable bonds is 4. The van der Waals surface area contributed by atoms with Gasteiger partial charge in [-0.15, -0.1) is 0 Å². The fraction of sp³-hybridized carbons (Fsp3) is 0.667. The van der Waals surface area contributed by atoms with Gasteiger partial charge in [-0.3, -0.25) is 9.69 Å². The summed E-state index contributed by atoms with van der Waals surface area (Å²) in [5.74, 6) is 0.574. The summed E-state index contributed by atoms with van der Waals surface area (Å²) >= 11 is 0. The zero-order valence-electron chi connectivity index (χ0n) is 13.2. The van der Waals surface area contributed by atoms with Gasteiger partial charge in [-0.1, -0.05) is 12.8 Å². The molecular formula is C15H23N3O4S. The van der Waals surface area contributed by atoms with Crippen molar-refractivity contribution < 1.29 is 17.6 Å². The molecule has 1 aromatic heterocycles. The van der Waals surface area contributed by atoms with E-state index < -0.39 is 16.1 Å². The van der Waals surface area contributed by atoms with Crippen LogP contribution in [0.2, 0.25) is 0 Å². The van der Waals surface area contributed by atoms with Gasteiger partial charge in [0, 0.05) is 13.1 Å². The van der Waals surface area contributed by atoms with Crippen molar-refractivity contribution in [3.8, 4) is 0 Å². The highest BCUT2D eigenvalue weighted by Gasteiger charge is 2.42. The van der Waals surface area contributed by atoms with E-state index in [1.807, 2.05) is 12.1 Å². The number of hydrogen-bond donors (Lipinski definition) is 2. The summed E-state index contributed by atoms with van der Waals surface area (Å²) in [5, 5.41) is 3.10. The maximum Gasteiger partial charge on any atom is 0.239 e. The summed E-state index contributed by atoms with van der Waals surface area (Å²) in [6.45, 7) is 1.61. The molecule has 3 rings (SSSR count). The number of nitrogens with zero attached hydrogens (tertiary/aromatic N) is 1. The smallest absolute Gasteiger partial charge is 0.239 e. The number of amides is 1. The summed E-state index contributed by atoms with van der Waals surface area (Å²) in [6.07, 6.45) is 6.72. The Morgan fingerprint density at radius 3 is 2.78 bits per heavy atom. The molecule has 1 saturated heterocycles. The Kier molecular flexibility index (Phi) is 4.48. The lowest BCUT2D eigenvalue weighted by Crippen LogP contribution is -2.54. The molecule has 23 heavy (non-hydrogen) atoms. The second-order valence-electron chi connectivity index (χ2n) is 6.67. The molecule has 7 nitrogen and oxygen atoms in total. The highest BCUT2D eigenvalue weighted by atomic mass is 32.2. The topological polar surface area (TPSA) is 91.7 Å². The molecule has 2 heterocycles. The van der Waals surface area contributed by atoms with Gasteiger partial charge in [0.2, 0.25) is 15.9 Å². The van der Waals surface area contributed by atoms with Gasteiger partial charge in [-0.05, 0) is 25.0 Å². The minimum absolute atomic E-state index is 0.237. The summed E-state index contributed by atoms with van der Waals surface area (Å²) < 4.78 is 31.0. The van der Waals surface area contributed by atoms with Gasteiger partial charge >= 0.3 is 0 Å². The Balaban J connectivity index is 1.82. The second-order valence-corrected chi connectivity index (χ2v) is 8.45. The third-order valence-electron chi connectivity index (χ3n) is 4.55. The Labute approximate surface area is 136 Å². The van der Waals surface area contributed by atoms with Crippen LogP contribution >= 0.6 is 0 Å². The number of carbonyl (C=O) groups excluding carboxylic acids is 1. The largest absolute Gasteiger partial charge is 0.468 e. The number of nitrogens with one attached hydrogen (secondary N) is 2. The highest BCUT2D eigenvalue weighted by Crippen LogP contribution is 2.32. The molecule has 0 bridgehead atoms. The van der Waals surface area contributed by atoms with Crippen molar-refractivity contribution in [3.05, 3.63) is 24.2 Å². The van der Waals surface area contributed by atoms with Crippen LogP contribution in [0.3, 0.4) is 0 Å². The number of hydrogen-bond acceptors (Lipinski definition) is 5. The van der Waals surface area contributed by atoms with Crippen LogP contribution in [-0.4, -0.2) is 50.2 Å². The van der Waals surface area contributed by atoms with Crippen molar-refractivity contribution in [2.24, 2.45) is 0 Å². The SMILES string of the molecule is CS(=O)(=O)NC1CN(Cc2ccco2)CC2(CCCC2)NC1=O. The standard InChI is InChI=1S/C15H23N3O4S/c1-23(20,21)17-13-10-18(9-12-5-4-8-22-12)11-15(16-14(13)19)6-2-3-7-15/h4-5,8,13,17H,2-3,6-7,9-11H2,1H3,(H,16,19). The summed E-state index contributed by atoms with van der Waals surface area (Å²) in [4.78, 5) is 14.6. The van der Waals surface area contributed by atoms with E-state index in [2.05, 4.69) is 14.9 Å². The molecule has 1 unspecified atom stereocenters. The van der Waals surface area contributed by atoms with Gasteiger partial charge in [-0.25, -0.2) is 13.1 Å².